The number of H-pyrrole nitrogens is 1. The molecule has 0 amide bonds. The Balaban J connectivity index is 1.44. The Hall–Kier alpha value is -4.05. The Labute approximate surface area is 257 Å². The van der Waals surface area contributed by atoms with Crippen molar-refractivity contribution < 1.29 is 28.5 Å². The third-order valence-corrected chi connectivity index (χ3v) is 8.23. The predicted molar refractivity (Wildman–Crippen MR) is 169 cm³/mol. The van der Waals surface area contributed by atoms with Gasteiger partial charge in [0.25, 0.3) is 5.79 Å². The highest BCUT2D eigenvalue weighted by Crippen LogP contribution is 2.45. The Bertz CT molecular complexity index is 1780. The first kappa shape index (κ1) is 28.1. The van der Waals surface area contributed by atoms with Crippen LogP contribution in [-0.2, 0) is 25.7 Å². The highest BCUT2D eigenvalue weighted by Gasteiger charge is 2.49. The molecule has 1 aliphatic heterocycles. The molecule has 4 aromatic carbocycles. The topological polar surface area (TPSA) is 86.9 Å². The van der Waals surface area contributed by atoms with Gasteiger partial charge in [0.15, 0.2) is 17.4 Å². The molecule has 6 rings (SSSR count). The zero-order valence-corrected chi connectivity index (χ0v) is 25.6. The number of hydrogen-bond acceptors (Lipinski definition) is 6. The molecule has 8 heteroatoms. The van der Waals surface area contributed by atoms with Crippen LogP contribution in [0.3, 0.4) is 0 Å². The van der Waals surface area contributed by atoms with E-state index in [9.17, 15) is 9.59 Å². The molecule has 0 aliphatic carbocycles. The van der Waals surface area contributed by atoms with E-state index in [1.165, 1.54) is 0 Å². The van der Waals surface area contributed by atoms with Gasteiger partial charge in [-0.15, -0.1) is 0 Å². The van der Waals surface area contributed by atoms with Crippen LogP contribution in [0.4, 0.5) is 0 Å². The van der Waals surface area contributed by atoms with E-state index in [0.29, 0.717) is 30.3 Å². The number of carbonyl (C=O) groups is 2. The quantitative estimate of drug-likeness (QED) is 0.104. The van der Waals surface area contributed by atoms with Crippen molar-refractivity contribution >= 4 is 56.2 Å². The number of halogens is 1. The molecule has 0 radical (unpaired) electrons. The average Bonchev–Trinajstić information content (AvgIpc) is 3.38. The van der Waals surface area contributed by atoms with Crippen LogP contribution < -0.4 is 9.47 Å². The second-order valence-corrected chi connectivity index (χ2v) is 11.8. The first-order chi connectivity index (χ1) is 20.3. The highest BCUT2D eigenvalue weighted by molar-refractivity contribution is 14.1. The predicted octanol–water partition coefficient (Wildman–Crippen LogP) is 7.49. The third-order valence-electron chi connectivity index (χ3n) is 7.43. The second-order valence-electron chi connectivity index (χ2n) is 10.7. The van der Waals surface area contributed by atoms with Crippen molar-refractivity contribution in [2.45, 2.75) is 39.1 Å². The van der Waals surface area contributed by atoms with E-state index in [4.69, 9.17) is 18.9 Å². The molecule has 1 fully saturated rings. The summed E-state index contributed by atoms with van der Waals surface area (Å²) in [6.45, 7) is 5.77. The number of cyclic esters (lactones) is 2. The molecule has 42 heavy (non-hydrogen) atoms. The Morgan fingerprint density at radius 1 is 0.905 bits per heavy atom. The van der Waals surface area contributed by atoms with Gasteiger partial charge in [-0.1, -0.05) is 60.7 Å². The molecule has 2 heterocycles. The number of hydrogen-bond donors (Lipinski definition) is 1. The van der Waals surface area contributed by atoms with Crippen LogP contribution in [0.15, 0.2) is 85.1 Å². The Kier molecular flexibility index (Phi) is 7.57. The van der Waals surface area contributed by atoms with Gasteiger partial charge in [0.05, 0.1) is 10.2 Å². The lowest BCUT2D eigenvalue weighted by Gasteiger charge is -2.36. The van der Waals surface area contributed by atoms with Gasteiger partial charge in [-0.25, -0.2) is 0 Å². The minimum atomic E-state index is -1.33. The maximum Gasteiger partial charge on any atom is 0.324 e. The van der Waals surface area contributed by atoms with E-state index < -0.39 is 29.6 Å². The van der Waals surface area contributed by atoms with Gasteiger partial charge in [0, 0.05) is 36.9 Å². The number of rotatable bonds is 8. The van der Waals surface area contributed by atoms with E-state index in [-0.39, 0.29) is 0 Å². The third kappa shape index (κ3) is 5.31. The van der Waals surface area contributed by atoms with Crippen molar-refractivity contribution in [3.63, 3.8) is 0 Å². The van der Waals surface area contributed by atoms with E-state index in [1.807, 2.05) is 67.7 Å². The molecular formula is C34H30INO6. The summed E-state index contributed by atoms with van der Waals surface area (Å²) in [6.07, 6.45) is 1.84. The maximum absolute atomic E-state index is 13.4. The van der Waals surface area contributed by atoms with Crippen molar-refractivity contribution in [1.82, 2.24) is 4.98 Å². The molecule has 0 saturated carbocycles. The van der Waals surface area contributed by atoms with Gasteiger partial charge in [-0.2, -0.15) is 0 Å². The fraction of sp³-hybridized carbons (Fsp3) is 0.235. The molecule has 1 aromatic heterocycles. The summed E-state index contributed by atoms with van der Waals surface area (Å²) in [4.78, 5) is 30.1. The number of aromatic amines is 1. The average molecular weight is 676 g/mol. The van der Waals surface area contributed by atoms with E-state index in [2.05, 4.69) is 51.8 Å². The summed E-state index contributed by atoms with van der Waals surface area (Å²) in [5, 5.41) is 3.17. The Morgan fingerprint density at radius 2 is 1.60 bits per heavy atom. The molecule has 214 valence electrons. The number of esters is 2. The van der Waals surface area contributed by atoms with Crippen molar-refractivity contribution in [3.8, 4) is 11.5 Å². The molecule has 1 saturated heterocycles. The molecular weight excluding hydrogens is 645 g/mol. The zero-order chi connectivity index (χ0) is 29.4. The van der Waals surface area contributed by atoms with Crippen LogP contribution in [0.2, 0.25) is 0 Å². The van der Waals surface area contributed by atoms with Crippen LogP contribution in [0.1, 0.15) is 43.4 Å². The molecule has 1 atom stereocenters. The number of aromatic nitrogens is 1. The highest BCUT2D eigenvalue weighted by atomic mass is 127. The molecule has 0 bridgehead atoms. The lowest BCUT2D eigenvalue weighted by Crippen LogP contribution is -2.48. The van der Waals surface area contributed by atoms with Gasteiger partial charge in [-0.3, -0.25) is 9.59 Å². The van der Waals surface area contributed by atoms with Crippen LogP contribution >= 0.6 is 22.6 Å². The van der Waals surface area contributed by atoms with E-state index >= 15 is 0 Å². The standard InChI is InChI=1S/C34H30INO6/c1-4-39-28-17-22(16-26(35)31(28)40-19-21-12-9-11-20-10-5-6-13-23(20)21)29(25-18-36-27-15-8-7-14-24(25)27)30-32(37)41-34(2,3)42-33(30)38/h5-18,29-30,36H,4,19H2,1-3H3/t29-/m1/s1. The number of benzene rings is 4. The van der Waals surface area contributed by atoms with Gasteiger partial charge in [-0.05, 0) is 75.2 Å². The molecule has 1 aliphatic rings. The van der Waals surface area contributed by atoms with Crippen molar-refractivity contribution in [3.05, 3.63) is 105 Å². The first-order valence-corrected chi connectivity index (χ1v) is 14.9. The smallest absolute Gasteiger partial charge is 0.324 e. The zero-order valence-electron chi connectivity index (χ0n) is 23.5. The lowest BCUT2D eigenvalue weighted by atomic mass is 9.80. The largest absolute Gasteiger partial charge is 0.490 e. The Morgan fingerprint density at radius 3 is 2.36 bits per heavy atom. The number of nitrogens with one attached hydrogen (secondary N) is 1. The fourth-order valence-electron chi connectivity index (χ4n) is 5.64. The molecule has 0 spiro atoms. The van der Waals surface area contributed by atoms with Crippen LogP contribution in [0.25, 0.3) is 21.7 Å². The van der Waals surface area contributed by atoms with Crippen LogP contribution in [-0.4, -0.2) is 29.3 Å². The summed E-state index contributed by atoms with van der Waals surface area (Å²) in [5.74, 6) is -3.36. The van der Waals surface area contributed by atoms with Crippen molar-refractivity contribution in [2.75, 3.05) is 6.61 Å². The lowest BCUT2D eigenvalue weighted by molar-refractivity contribution is -0.240. The van der Waals surface area contributed by atoms with Gasteiger partial charge < -0.3 is 23.9 Å². The summed E-state index contributed by atoms with van der Waals surface area (Å²) >= 11 is 2.22. The van der Waals surface area contributed by atoms with Crippen molar-refractivity contribution in [1.29, 1.82) is 0 Å². The van der Waals surface area contributed by atoms with Crippen LogP contribution in [0.5, 0.6) is 11.5 Å². The summed E-state index contributed by atoms with van der Waals surface area (Å²) in [7, 11) is 0. The SMILES string of the molecule is CCOc1cc([C@H](c2c[nH]c3ccccc23)C2C(=O)OC(C)(C)OC2=O)cc(I)c1OCc1cccc2ccccc12. The van der Waals surface area contributed by atoms with Gasteiger partial charge >= 0.3 is 11.9 Å². The summed E-state index contributed by atoms with van der Waals surface area (Å²) in [5.41, 5.74) is 3.45. The van der Waals surface area contributed by atoms with Gasteiger partial charge in [0.2, 0.25) is 0 Å². The number of carbonyl (C=O) groups excluding carboxylic acids is 2. The number of ether oxygens (including phenoxy) is 4. The van der Waals surface area contributed by atoms with Gasteiger partial charge in [0.1, 0.15) is 6.61 Å². The molecule has 1 N–H and O–H groups in total. The normalized spacial score (nSPS) is 15.8. The minimum Gasteiger partial charge on any atom is -0.490 e. The minimum absolute atomic E-state index is 0.346. The maximum atomic E-state index is 13.4. The van der Waals surface area contributed by atoms with Crippen LogP contribution in [0, 0.1) is 9.49 Å². The van der Waals surface area contributed by atoms with E-state index in [1.54, 1.807) is 13.8 Å². The number of fused-ring (bicyclic) bond motifs is 2. The number of para-hydroxylation sites is 1. The molecule has 7 nitrogen and oxygen atoms in total. The molecule has 5 aromatic rings. The summed E-state index contributed by atoms with van der Waals surface area (Å²) < 4.78 is 24.4. The fourth-order valence-corrected chi connectivity index (χ4v) is 6.42. The first-order valence-electron chi connectivity index (χ1n) is 13.8. The summed E-state index contributed by atoms with van der Waals surface area (Å²) in [6, 6.07) is 25.9. The monoisotopic (exact) mass is 675 g/mol. The van der Waals surface area contributed by atoms with E-state index in [0.717, 1.165) is 36.4 Å². The molecule has 0 unspecified atom stereocenters. The van der Waals surface area contributed by atoms with Crippen molar-refractivity contribution in [2.24, 2.45) is 5.92 Å². The second kappa shape index (κ2) is 11.3.